The number of benzene rings is 2. The number of halogens is 3. The molecule has 11 heteroatoms. The largest absolute Gasteiger partial charge is 0.573 e. The number of rotatable bonds is 5. The highest BCUT2D eigenvalue weighted by atomic mass is 19.4. The average molecular weight is 457 g/mol. The Morgan fingerprint density at radius 3 is 2.52 bits per heavy atom. The van der Waals surface area contributed by atoms with E-state index in [9.17, 15) is 22.8 Å². The molecule has 0 fully saturated rings. The summed E-state index contributed by atoms with van der Waals surface area (Å²) >= 11 is 0. The number of nitrogens with zero attached hydrogens (tertiary/aromatic N) is 4. The molecular formula is C22H18F3N5O3. The average Bonchev–Trinajstić information content (AvgIpc) is 3.15. The highest BCUT2D eigenvalue weighted by molar-refractivity contribution is 5.90. The number of carbonyl (C=O) groups is 1. The number of nitrogens with one attached hydrogen (secondary N) is 1. The maximum atomic E-state index is 12.8. The summed E-state index contributed by atoms with van der Waals surface area (Å²) in [5.74, 6) is -0.961. The molecule has 1 N–H and O–H groups in total. The van der Waals surface area contributed by atoms with E-state index in [1.54, 1.807) is 4.68 Å². The van der Waals surface area contributed by atoms with Gasteiger partial charge in [0.1, 0.15) is 24.0 Å². The Balaban J connectivity index is 1.52. The Bertz CT molecular complexity index is 1390. The van der Waals surface area contributed by atoms with Crippen molar-refractivity contribution in [2.75, 3.05) is 5.32 Å². The van der Waals surface area contributed by atoms with Crippen LogP contribution in [0.3, 0.4) is 0 Å². The molecule has 33 heavy (non-hydrogen) atoms. The molecule has 4 rings (SSSR count). The summed E-state index contributed by atoms with van der Waals surface area (Å²) in [5, 5.41) is 7.05. The summed E-state index contributed by atoms with van der Waals surface area (Å²) in [7, 11) is 0. The van der Waals surface area contributed by atoms with Crippen molar-refractivity contribution in [3.8, 4) is 11.4 Å². The fraction of sp³-hybridized carbons (Fsp3) is 0.182. The highest BCUT2D eigenvalue weighted by Crippen LogP contribution is 2.24. The van der Waals surface area contributed by atoms with E-state index in [0.29, 0.717) is 5.65 Å². The van der Waals surface area contributed by atoms with E-state index in [1.165, 1.54) is 24.7 Å². The maximum absolute atomic E-state index is 12.8. The normalized spacial score (nSPS) is 11.5. The van der Waals surface area contributed by atoms with Crippen molar-refractivity contribution >= 4 is 22.6 Å². The molecule has 0 bridgehead atoms. The first-order chi connectivity index (χ1) is 15.6. The minimum absolute atomic E-state index is 0.249. The van der Waals surface area contributed by atoms with Crippen LogP contribution >= 0.6 is 0 Å². The number of aromatic nitrogens is 4. The number of amides is 1. The van der Waals surface area contributed by atoms with Crippen molar-refractivity contribution in [2.45, 2.75) is 26.8 Å². The van der Waals surface area contributed by atoms with Gasteiger partial charge in [-0.05, 0) is 49.7 Å². The van der Waals surface area contributed by atoms with E-state index in [1.807, 2.05) is 32.0 Å². The van der Waals surface area contributed by atoms with Crippen LogP contribution in [0, 0.1) is 13.8 Å². The summed E-state index contributed by atoms with van der Waals surface area (Å²) in [4.78, 5) is 29.5. The molecule has 0 radical (unpaired) electrons. The van der Waals surface area contributed by atoms with Crippen molar-refractivity contribution in [1.82, 2.24) is 19.3 Å². The lowest BCUT2D eigenvalue weighted by Crippen LogP contribution is -2.27. The SMILES string of the molecule is Cc1ccc(-n2ncc3c(=O)n(CC(=O)Nc4ccc(OC(F)(F)F)cc4)cnc32)c(C)c1. The van der Waals surface area contributed by atoms with E-state index < -0.39 is 23.6 Å². The van der Waals surface area contributed by atoms with Gasteiger partial charge in [-0.3, -0.25) is 14.2 Å². The molecule has 170 valence electrons. The molecule has 1 amide bonds. The number of aryl methyl sites for hydroxylation is 2. The number of carbonyl (C=O) groups excluding carboxylic acids is 1. The van der Waals surface area contributed by atoms with E-state index >= 15 is 0 Å². The molecule has 0 saturated carbocycles. The van der Waals surface area contributed by atoms with Crippen LogP contribution in [0.4, 0.5) is 18.9 Å². The topological polar surface area (TPSA) is 91.0 Å². The molecule has 0 spiro atoms. The van der Waals surface area contributed by atoms with E-state index in [0.717, 1.165) is 33.5 Å². The molecule has 2 aromatic carbocycles. The van der Waals surface area contributed by atoms with Crippen LogP contribution in [0.15, 0.2) is 59.8 Å². The first kappa shape index (κ1) is 22.1. The van der Waals surface area contributed by atoms with Gasteiger partial charge < -0.3 is 10.1 Å². The summed E-state index contributed by atoms with van der Waals surface area (Å²) in [6.45, 7) is 3.57. The Labute approximate surface area is 185 Å². The molecule has 0 saturated heterocycles. The van der Waals surface area contributed by atoms with Crippen LogP contribution in [0.5, 0.6) is 5.75 Å². The van der Waals surface area contributed by atoms with Crippen LogP contribution in [0.25, 0.3) is 16.7 Å². The number of alkyl halides is 3. The summed E-state index contributed by atoms with van der Waals surface area (Å²) in [5.41, 5.74) is 3.02. The first-order valence-electron chi connectivity index (χ1n) is 9.77. The van der Waals surface area contributed by atoms with E-state index in [2.05, 4.69) is 20.1 Å². The quantitative estimate of drug-likeness (QED) is 0.493. The second kappa shape index (κ2) is 8.41. The van der Waals surface area contributed by atoms with Crippen molar-refractivity contribution < 1.29 is 22.7 Å². The third kappa shape index (κ3) is 4.86. The van der Waals surface area contributed by atoms with E-state index in [-0.39, 0.29) is 17.6 Å². The Kier molecular flexibility index (Phi) is 5.62. The van der Waals surface area contributed by atoms with Gasteiger partial charge >= 0.3 is 6.36 Å². The zero-order valence-corrected chi connectivity index (χ0v) is 17.6. The molecule has 8 nitrogen and oxygen atoms in total. The number of ether oxygens (including phenoxy) is 1. The molecule has 0 aliphatic carbocycles. The number of hydrogen-bond acceptors (Lipinski definition) is 5. The van der Waals surface area contributed by atoms with Gasteiger partial charge in [0.15, 0.2) is 5.65 Å². The number of fused-ring (bicyclic) bond motifs is 1. The number of anilines is 1. The molecule has 0 aliphatic heterocycles. The summed E-state index contributed by atoms with van der Waals surface area (Å²) < 4.78 is 43.2. The maximum Gasteiger partial charge on any atom is 0.573 e. The van der Waals surface area contributed by atoms with E-state index in [4.69, 9.17) is 0 Å². The minimum Gasteiger partial charge on any atom is -0.406 e. The van der Waals surface area contributed by atoms with Gasteiger partial charge in [-0.2, -0.15) is 5.10 Å². The standard InChI is InChI=1S/C22H18F3N5O3/c1-13-3-8-18(14(2)9-13)30-20-17(10-27-30)21(32)29(12-26-20)11-19(31)28-15-4-6-16(7-5-15)33-22(23,24)25/h3-10,12H,11H2,1-2H3,(H,28,31). The zero-order valence-electron chi connectivity index (χ0n) is 17.6. The van der Waals surface area contributed by atoms with Gasteiger partial charge in [0.25, 0.3) is 5.56 Å². The first-order valence-corrected chi connectivity index (χ1v) is 9.77. The van der Waals surface area contributed by atoms with Crippen LogP contribution < -0.4 is 15.6 Å². The van der Waals surface area contributed by atoms with Crippen molar-refractivity contribution in [1.29, 1.82) is 0 Å². The molecule has 2 aromatic heterocycles. The predicted molar refractivity (Wildman–Crippen MR) is 114 cm³/mol. The minimum atomic E-state index is -4.80. The van der Waals surface area contributed by atoms with Crippen molar-refractivity contribution in [3.05, 3.63) is 76.5 Å². The second-order valence-electron chi connectivity index (χ2n) is 7.38. The lowest BCUT2D eigenvalue weighted by Gasteiger charge is -2.11. The Morgan fingerprint density at radius 1 is 1.12 bits per heavy atom. The van der Waals surface area contributed by atoms with Gasteiger partial charge in [0.05, 0.1) is 11.9 Å². The summed E-state index contributed by atoms with van der Waals surface area (Å²) in [6.07, 6.45) is -2.15. The third-order valence-corrected chi connectivity index (χ3v) is 4.82. The molecule has 4 aromatic rings. The van der Waals surface area contributed by atoms with Crippen LogP contribution in [0.2, 0.25) is 0 Å². The van der Waals surface area contributed by atoms with Crippen molar-refractivity contribution in [2.24, 2.45) is 0 Å². The third-order valence-electron chi connectivity index (χ3n) is 4.82. The Hall–Kier alpha value is -4.15. The van der Waals surface area contributed by atoms with Gasteiger partial charge in [-0.1, -0.05) is 17.7 Å². The molecule has 0 atom stereocenters. The summed E-state index contributed by atoms with van der Waals surface area (Å²) in [6, 6.07) is 10.5. The molecule has 0 aliphatic rings. The monoisotopic (exact) mass is 457 g/mol. The lowest BCUT2D eigenvalue weighted by molar-refractivity contribution is -0.274. The predicted octanol–water partition coefficient (Wildman–Crippen LogP) is 3.74. The molecular weight excluding hydrogens is 439 g/mol. The highest BCUT2D eigenvalue weighted by Gasteiger charge is 2.31. The molecule has 0 unspecified atom stereocenters. The van der Waals surface area contributed by atoms with Crippen LogP contribution in [-0.2, 0) is 11.3 Å². The van der Waals surface area contributed by atoms with Crippen LogP contribution in [0.1, 0.15) is 11.1 Å². The lowest BCUT2D eigenvalue weighted by atomic mass is 10.1. The van der Waals surface area contributed by atoms with Gasteiger partial charge in [0.2, 0.25) is 5.91 Å². The van der Waals surface area contributed by atoms with Crippen LogP contribution in [-0.4, -0.2) is 31.6 Å². The molecule has 2 heterocycles. The smallest absolute Gasteiger partial charge is 0.406 e. The zero-order chi connectivity index (χ0) is 23.8. The van der Waals surface area contributed by atoms with Gasteiger partial charge in [-0.15, -0.1) is 13.2 Å². The number of hydrogen-bond donors (Lipinski definition) is 1. The second-order valence-corrected chi connectivity index (χ2v) is 7.38. The van der Waals surface area contributed by atoms with Crippen molar-refractivity contribution in [3.63, 3.8) is 0 Å². The fourth-order valence-corrected chi connectivity index (χ4v) is 3.38. The Morgan fingerprint density at radius 2 is 1.85 bits per heavy atom. The van der Waals surface area contributed by atoms with Gasteiger partial charge in [0, 0.05) is 5.69 Å². The fourth-order valence-electron chi connectivity index (χ4n) is 3.38. The van der Waals surface area contributed by atoms with Gasteiger partial charge in [-0.25, -0.2) is 9.67 Å².